The van der Waals surface area contributed by atoms with Crippen LogP contribution in [0.25, 0.3) is 0 Å². The fourth-order valence-electron chi connectivity index (χ4n) is 2.30. The van der Waals surface area contributed by atoms with Crippen LogP contribution in [0.1, 0.15) is 56.1 Å². The second-order valence-corrected chi connectivity index (χ2v) is 6.08. The largest absolute Gasteiger partial charge is 0.355 e. The minimum atomic E-state index is -0.139. The van der Waals surface area contributed by atoms with Gasteiger partial charge in [-0.1, -0.05) is 39.0 Å². The summed E-state index contributed by atoms with van der Waals surface area (Å²) in [7, 11) is 0. The summed E-state index contributed by atoms with van der Waals surface area (Å²) in [6, 6.07) is 12.0. The quantitative estimate of drug-likeness (QED) is 0.827. The molecule has 0 saturated carbocycles. The van der Waals surface area contributed by atoms with Crippen LogP contribution >= 0.6 is 0 Å². The van der Waals surface area contributed by atoms with E-state index >= 15 is 0 Å². The summed E-state index contributed by atoms with van der Waals surface area (Å²) in [5.74, 6) is 0.286. The Labute approximate surface area is 138 Å². The molecule has 1 amide bonds. The minimum absolute atomic E-state index is 0.139. The number of hydrogen-bond acceptors (Lipinski definition) is 3. The van der Waals surface area contributed by atoms with E-state index in [0.717, 1.165) is 17.8 Å². The van der Waals surface area contributed by atoms with Gasteiger partial charge < -0.3 is 10.6 Å². The molecule has 1 atom stereocenters. The normalized spacial score (nSPS) is 12.0. The second-order valence-electron chi connectivity index (χ2n) is 6.08. The molecule has 0 aliphatic heterocycles. The predicted molar refractivity (Wildman–Crippen MR) is 95.3 cm³/mol. The van der Waals surface area contributed by atoms with Crippen LogP contribution in [0.4, 0.5) is 11.4 Å². The summed E-state index contributed by atoms with van der Waals surface area (Å²) < 4.78 is 0. The van der Waals surface area contributed by atoms with Gasteiger partial charge in [0.15, 0.2) is 0 Å². The Kier molecular flexibility index (Phi) is 5.74. The minimum Gasteiger partial charge on any atom is -0.355 e. The van der Waals surface area contributed by atoms with Gasteiger partial charge in [0.25, 0.3) is 5.91 Å². The molecule has 23 heavy (non-hydrogen) atoms. The molecule has 1 aromatic heterocycles. The van der Waals surface area contributed by atoms with Crippen LogP contribution in [0, 0.1) is 0 Å². The number of nitrogens with one attached hydrogen (secondary N) is 2. The molecule has 1 unspecified atom stereocenters. The zero-order valence-electron chi connectivity index (χ0n) is 14.3. The lowest BCUT2D eigenvalue weighted by Gasteiger charge is -2.15. The van der Waals surface area contributed by atoms with E-state index in [2.05, 4.69) is 41.6 Å². The van der Waals surface area contributed by atoms with Crippen LogP contribution in [0.3, 0.4) is 0 Å². The number of aromatic nitrogens is 1. The molecule has 4 nitrogen and oxygen atoms in total. The van der Waals surface area contributed by atoms with E-state index in [1.165, 1.54) is 5.56 Å². The van der Waals surface area contributed by atoms with Crippen molar-refractivity contribution in [2.24, 2.45) is 0 Å². The van der Waals surface area contributed by atoms with E-state index in [1.807, 2.05) is 32.0 Å². The molecule has 2 N–H and O–H groups in total. The molecule has 1 heterocycles. The third kappa shape index (κ3) is 4.55. The highest BCUT2D eigenvalue weighted by atomic mass is 16.1. The fourth-order valence-corrected chi connectivity index (χ4v) is 2.30. The van der Waals surface area contributed by atoms with Gasteiger partial charge >= 0.3 is 0 Å². The van der Waals surface area contributed by atoms with E-state index in [1.54, 1.807) is 12.3 Å². The summed E-state index contributed by atoms with van der Waals surface area (Å²) in [4.78, 5) is 16.4. The van der Waals surface area contributed by atoms with Gasteiger partial charge in [0.2, 0.25) is 0 Å². The Balaban J connectivity index is 2.19. The smallest absolute Gasteiger partial charge is 0.270 e. The number of rotatable bonds is 6. The first-order valence-electron chi connectivity index (χ1n) is 8.14. The molecule has 0 aliphatic carbocycles. The monoisotopic (exact) mass is 311 g/mol. The van der Waals surface area contributed by atoms with Crippen LogP contribution in [0.2, 0.25) is 0 Å². The van der Waals surface area contributed by atoms with Gasteiger partial charge in [-0.2, -0.15) is 0 Å². The van der Waals surface area contributed by atoms with Crippen LogP contribution in [0.15, 0.2) is 42.6 Å². The van der Waals surface area contributed by atoms with Gasteiger partial charge in [-0.25, -0.2) is 0 Å². The van der Waals surface area contributed by atoms with Crippen molar-refractivity contribution in [2.45, 2.75) is 46.1 Å². The molecule has 0 bridgehead atoms. The van der Waals surface area contributed by atoms with Crippen molar-refractivity contribution < 1.29 is 4.79 Å². The number of carbonyl (C=O) groups is 1. The molecule has 1 aromatic carbocycles. The molecule has 4 heteroatoms. The molecule has 0 fully saturated rings. The number of anilines is 2. The summed E-state index contributed by atoms with van der Waals surface area (Å²) in [5, 5.41) is 6.33. The van der Waals surface area contributed by atoms with Gasteiger partial charge in [0, 0.05) is 23.6 Å². The van der Waals surface area contributed by atoms with Crippen molar-refractivity contribution in [3.63, 3.8) is 0 Å². The highest BCUT2D eigenvalue weighted by Crippen LogP contribution is 2.26. The van der Waals surface area contributed by atoms with Gasteiger partial charge in [0.05, 0.1) is 0 Å². The van der Waals surface area contributed by atoms with E-state index < -0.39 is 0 Å². The topological polar surface area (TPSA) is 54.0 Å². The van der Waals surface area contributed by atoms with Gasteiger partial charge in [-0.3, -0.25) is 9.78 Å². The van der Waals surface area contributed by atoms with Gasteiger partial charge in [-0.05, 0) is 43.0 Å². The fraction of sp³-hybridized carbons (Fsp3) is 0.368. The van der Waals surface area contributed by atoms with E-state index in [4.69, 9.17) is 0 Å². The van der Waals surface area contributed by atoms with E-state index in [0.29, 0.717) is 11.6 Å². The number of amides is 1. The highest BCUT2D eigenvalue weighted by Gasteiger charge is 2.11. The molecule has 122 valence electrons. The molecule has 0 radical (unpaired) electrons. The molecule has 0 aliphatic rings. The van der Waals surface area contributed by atoms with Crippen molar-refractivity contribution in [3.8, 4) is 0 Å². The van der Waals surface area contributed by atoms with Crippen LogP contribution in [-0.4, -0.2) is 16.9 Å². The molecule has 2 rings (SSSR count). The lowest BCUT2D eigenvalue weighted by atomic mass is 10.0. The van der Waals surface area contributed by atoms with Crippen LogP contribution in [0.5, 0.6) is 0 Å². The first-order valence-corrected chi connectivity index (χ1v) is 8.14. The van der Waals surface area contributed by atoms with Gasteiger partial charge in [-0.15, -0.1) is 0 Å². The Morgan fingerprint density at radius 1 is 1.17 bits per heavy atom. The lowest BCUT2D eigenvalue weighted by Crippen LogP contribution is -2.32. The SMILES string of the molecule is CCC(C)NC(=O)c1cc(Nc2ccccc2C(C)C)ccn1. The lowest BCUT2D eigenvalue weighted by molar-refractivity contribution is 0.0934. The number of hydrogen-bond donors (Lipinski definition) is 2. The summed E-state index contributed by atoms with van der Waals surface area (Å²) >= 11 is 0. The number of para-hydroxylation sites is 1. The summed E-state index contributed by atoms with van der Waals surface area (Å²) in [6.07, 6.45) is 2.55. The van der Waals surface area contributed by atoms with Crippen LogP contribution in [-0.2, 0) is 0 Å². The zero-order chi connectivity index (χ0) is 16.8. The standard InChI is InChI=1S/C19H25N3O/c1-5-14(4)21-19(23)18-12-15(10-11-20-18)22-17-9-7-6-8-16(17)13(2)3/h6-14H,5H2,1-4H3,(H,20,22)(H,21,23). The van der Waals surface area contributed by atoms with E-state index in [-0.39, 0.29) is 11.9 Å². The summed E-state index contributed by atoms with van der Waals surface area (Å²) in [5.41, 5.74) is 3.59. The number of pyridine rings is 1. The maximum atomic E-state index is 12.2. The number of benzene rings is 1. The average molecular weight is 311 g/mol. The Morgan fingerprint density at radius 2 is 1.91 bits per heavy atom. The van der Waals surface area contributed by atoms with Crippen molar-refractivity contribution in [2.75, 3.05) is 5.32 Å². The van der Waals surface area contributed by atoms with Gasteiger partial charge in [0.1, 0.15) is 5.69 Å². The maximum Gasteiger partial charge on any atom is 0.270 e. The number of nitrogens with zero attached hydrogens (tertiary/aromatic N) is 1. The molecular formula is C19H25N3O. The number of carbonyl (C=O) groups excluding carboxylic acids is 1. The van der Waals surface area contributed by atoms with Crippen LogP contribution < -0.4 is 10.6 Å². The molecular weight excluding hydrogens is 286 g/mol. The molecule has 2 aromatic rings. The predicted octanol–water partition coefficient (Wildman–Crippen LogP) is 4.48. The Bertz CT molecular complexity index is 667. The molecule has 0 spiro atoms. The third-order valence-corrected chi connectivity index (χ3v) is 3.84. The average Bonchev–Trinajstić information content (AvgIpc) is 2.55. The van der Waals surface area contributed by atoms with Crippen molar-refractivity contribution in [1.29, 1.82) is 0 Å². The highest BCUT2D eigenvalue weighted by molar-refractivity contribution is 5.93. The van der Waals surface area contributed by atoms with Crippen molar-refractivity contribution in [3.05, 3.63) is 53.9 Å². The van der Waals surface area contributed by atoms with Crippen molar-refractivity contribution in [1.82, 2.24) is 10.3 Å². The molecule has 0 saturated heterocycles. The van der Waals surface area contributed by atoms with E-state index in [9.17, 15) is 4.79 Å². The zero-order valence-corrected chi connectivity index (χ0v) is 14.3. The Hall–Kier alpha value is -2.36. The first-order chi connectivity index (χ1) is 11.0. The third-order valence-electron chi connectivity index (χ3n) is 3.84. The second kappa shape index (κ2) is 7.77. The van der Waals surface area contributed by atoms with Crippen molar-refractivity contribution >= 4 is 17.3 Å². The maximum absolute atomic E-state index is 12.2. The summed E-state index contributed by atoms with van der Waals surface area (Å²) in [6.45, 7) is 8.36. The first kappa shape index (κ1) is 17.0. The Morgan fingerprint density at radius 3 is 2.61 bits per heavy atom.